The number of hydrogen-bond donors (Lipinski definition) is 4. The Hall–Kier alpha value is -3.71. The monoisotopic (exact) mass is 572 g/mol. The summed E-state index contributed by atoms with van der Waals surface area (Å²) in [4.78, 5) is 40.5. The number of carbonyl (C=O) groups excluding carboxylic acids is 3. The Labute approximate surface area is 246 Å². The van der Waals surface area contributed by atoms with Crippen LogP contribution in [0, 0.1) is 29.6 Å². The van der Waals surface area contributed by atoms with Gasteiger partial charge in [-0.1, -0.05) is 63.6 Å². The number of phenols is 1. The summed E-state index contributed by atoms with van der Waals surface area (Å²) in [5, 5.41) is 46.1. The van der Waals surface area contributed by atoms with Crippen LogP contribution >= 0.6 is 0 Å². The van der Waals surface area contributed by atoms with E-state index in [-0.39, 0.29) is 41.4 Å². The highest BCUT2D eigenvalue weighted by Gasteiger charge is 2.71. The van der Waals surface area contributed by atoms with Gasteiger partial charge in [-0.3, -0.25) is 14.4 Å². The van der Waals surface area contributed by atoms with E-state index in [1.54, 1.807) is 6.92 Å². The normalized spacial score (nSPS) is 29.0. The fourth-order valence-electron chi connectivity index (χ4n) is 8.27. The van der Waals surface area contributed by atoms with Crippen molar-refractivity contribution in [2.75, 3.05) is 0 Å². The van der Waals surface area contributed by atoms with Gasteiger partial charge in [0.25, 0.3) is 0 Å². The van der Waals surface area contributed by atoms with E-state index in [0.29, 0.717) is 12.0 Å². The first-order valence-corrected chi connectivity index (χ1v) is 14.7. The number of aromatic hydroxyl groups is 1. The molecule has 0 bridgehead atoms. The van der Waals surface area contributed by atoms with Gasteiger partial charge >= 0.3 is 0 Å². The lowest BCUT2D eigenvalue weighted by molar-refractivity contribution is -0.171. The molecular weight excluding hydrogens is 532 g/mol. The molecule has 0 amide bonds. The molecule has 2 aromatic rings. The van der Waals surface area contributed by atoms with Gasteiger partial charge in [0.05, 0.1) is 5.56 Å². The van der Waals surface area contributed by atoms with Gasteiger partial charge in [0.2, 0.25) is 5.78 Å². The molecule has 5 rings (SSSR count). The maximum atomic E-state index is 14.2. The summed E-state index contributed by atoms with van der Waals surface area (Å²) < 4.78 is 0. The lowest BCUT2D eigenvalue weighted by Crippen LogP contribution is -2.67. The Morgan fingerprint density at radius 2 is 1.64 bits per heavy atom. The first-order chi connectivity index (χ1) is 19.6. The Bertz CT molecular complexity index is 1580. The highest BCUT2D eigenvalue weighted by atomic mass is 16.3. The molecule has 222 valence electrons. The first kappa shape index (κ1) is 29.8. The van der Waals surface area contributed by atoms with E-state index in [9.17, 15) is 34.8 Å². The number of aliphatic hydroxyl groups is 3. The first-order valence-electron chi connectivity index (χ1n) is 14.7. The number of hydrogen-bond acceptors (Lipinski definition) is 7. The van der Waals surface area contributed by atoms with Crippen molar-refractivity contribution in [3.8, 4) is 5.75 Å². The fraction of sp³-hybridized carbons (Fsp3) is 0.457. The molecule has 0 saturated heterocycles. The number of aliphatic hydroxyl groups excluding tert-OH is 2. The van der Waals surface area contributed by atoms with E-state index in [1.165, 1.54) is 17.2 Å². The van der Waals surface area contributed by atoms with Crippen molar-refractivity contribution in [3.05, 3.63) is 86.9 Å². The Balaban J connectivity index is 1.63. The Morgan fingerprint density at radius 3 is 2.24 bits per heavy atom. The molecule has 7 heteroatoms. The highest BCUT2D eigenvalue weighted by molar-refractivity contribution is 6.25. The van der Waals surface area contributed by atoms with Crippen LogP contribution in [-0.2, 0) is 28.9 Å². The predicted octanol–water partition coefficient (Wildman–Crippen LogP) is 5.83. The van der Waals surface area contributed by atoms with Crippen LogP contribution in [0.25, 0.3) is 0 Å². The van der Waals surface area contributed by atoms with Gasteiger partial charge in [0.15, 0.2) is 17.2 Å². The number of benzene rings is 2. The predicted molar refractivity (Wildman–Crippen MR) is 158 cm³/mol. The van der Waals surface area contributed by atoms with Crippen LogP contribution < -0.4 is 0 Å². The van der Waals surface area contributed by atoms with Crippen LogP contribution in [0.1, 0.15) is 80.1 Å². The molecule has 7 nitrogen and oxygen atoms in total. The number of phenolic OH excluding ortho intramolecular Hbond substituents is 1. The topological polar surface area (TPSA) is 132 Å². The van der Waals surface area contributed by atoms with E-state index in [1.807, 2.05) is 33.8 Å². The summed E-state index contributed by atoms with van der Waals surface area (Å²) in [6, 6.07) is 11.7. The average Bonchev–Trinajstić information content (AvgIpc) is 2.88. The number of ketones is 3. The van der Waals surface area contributed by atoms with Gasteiger partial charge in [0, 0.05) is 22.3 Å². The van der Waals surface area contributed by atoms with Crippen molar-refractivity contribution < 1.29 is 34.8 Å². The average molecular weight is 573 g/mol. The van der Waals surface area contributed by atoms with Gasteiger partial charge in [-0.15, -0.1) is 0 Å². The summed E-state index contributed by atoms with van der Waals surface area (Å²) in [5.41, 5.74) is -1.61. The number of carbonyl (C=O) groups is 3. The van der Waals surface area contributed by atoms with Crippen LogP contribution in [0.3, 0.4) is 0 Å². The third-order valence-corrected chi connectivity index (χ3v) is 10.0. The SMILES string of the molecule is CC(=O)C1=C(O)C(C(C)C)[C@@]2(C)C[C@@]3(C)Cc4c(CCCc5ccc(C)cc5)ccc(O)c4C(=O)C3=C(O)[C@@]2(O)C1=O. The quantitative estimate of drug-likeness (QED) is 0.320. The second kappa shape index (κ2) is 9.94. The van der Waals surface area contributed by atoms with Gasteiger partial charge in [-0.2, -0.15) is 0 Å². The van der Waals surface area contributed by atoms with E-state index < -0.39 is 51.0 Å². The van der Waals surface area contributed by atoms with Crippen molar-refractivity contribution in [2.24, 2.45) is 22.7 Å². The molecule has 3 aliphatic rings. The number of fused-ring (bicyclic) bond motifs is 3. The zero-order valence-corrected chi connectivity index (χ0v) is 25.2. The lowest BCUT2D eigenvalue weighted by Gasteiger charge is -2.59. The van der Waals surface area contributed by atoms with E-state index in [0.717, 1.165) is 25.3 Å². The van der Waals surface area contributed by atoms with Gasteiger partial charge in [-0.05, 0) is 74.6 Å². The number of aryl methyl sites for hydroxylation is 3. The molecule has 1 unspecified atom stereocenters. The molecule has 0 heterocycles. The zero-order chi connectivity index (χ0) is 30.9. The molecule has 0 aromatic heterocycles. The third kappa shape index (κ3) is 4.08. The molecule has 0 spiro atoms. The second-order valence-electron chi connectivity index (χ2n) is 13.4. The lowest BCUT2D eigenvalue weighted by atomic mass is 9.44. The Kier molecular flexibility index (Phi) is 7.05. The molecule has 3 aliphatic carbocycles. The molecule has 2 aromatic carbocycles. The summed E-state index contributed by atoms with van der Waals surface area (Å²) in [7, 11) is 0. The van der Waals surface area contributed by atoms with Crippen molar-refractivity contribution in [1.29, 1.82) is 0 Å². The Morgan fingerprint density at radius 1 is 1.00 bits per heavy atom. The molecule has 0 saturated carbocycles. The number of allylic oxidation sites excluding steroid dienone is 2. The molecule has 4 atom stereocenters. The fourth-order valence-corrected chi connectivity index (χ4v) is 8.27. The summed E-state index contributed by atoms with van der Waals surface area (Å²) >= 11 is 0. The summed E-state index contributed by atoms with van der Waals surface area (Å²) in [5.74, 6) is -5.01. The standard InChI is InChI=1S/C35H40O7/c1-18(2)27-29(38)25(20(4)36)31(40)35(42)32(41)28-30(39)26-23(16-33(28,5)17-34(27,35)6)22(14-15-24(26)37)9-7-8-21-12-10-19(3)11-13-21/h10-15,18,27,37-38,41-42H,7-9,16-17H2,1-6H3/t27?,33-,34-,35+/m1/s1. The molecule has 42 heavy (non-hydrogen) atoms. The highest BCUT2D eigenvalue weighted by Crippen LogP contribution is 2.65. The largest absolute Gasteiger partial charge is 0.511 e. The van der Waals surface area contributed by atoms with Crippen molar-refractivity contribution in [3.63, 3.8) is 0 Å². The van der Waals surface area contributed by atoms with Crippen molar-refractivity contribution in [2.45, 2.75) is 79.2 Å². The van der Waals surface area contributed by atoms with E-state index in [4.69, 9.17) is 0 Å². The van der Waals surface area contributed by atoms with Crippen LogP contribution in [0.5, 0.6) is 5.75 Å². The smallest absolute Gasteiger partial charge is 0.209 e. The van der Waals surface area contributed by atoms with Crippen LogP contribution in [0.2, 0.25) is 0 Å². The van der Waals surface area contributed by atoms with Gasteiger partial charge in [-0.25, -0.2) is 0 Å². The molecular formula is C35H40O7. The number of Topliss-reactive ketones (excluding diaryl/α,β-unsaturated/α-hetero) is 3. The molecule has 4 N–H and O–H groups in total. The summed E-state index contributed by atoms with van der Waals surface area (Å²) in [6.45, 7) is 10.3. The van der Waals surface area contributed by atoms with Gasteiger partial charge in [0.1, 0.15) is 22.8 Å². The molecule has 0 fully saturated rings. The second-order valence-corrected chi connectivity index (χ2v) is 13.4. The van der Waals surface area contributed by atoms with Crippen LogP contribution in [0.15, 0.2) is 59.1 Å². The minimum Gasteiger partial charge on any atom is -0.511 e. The number of rotatable bonds is 6. The van der Waals surface area contributed by atoms with Crippen LogP contribution in [0.4, 0.5) is 0 Å². The van der Waals surface area contributed by atoms with Crippen molar-refractivity contribution >= 4 is 17.3 Å². The molecule has 0 radical (unpaired) electrons. The molecule has 0 aliphatic heterocycles. The third-order valence-electron chi connectivity index (χ3n) is 10.0. The minimum absolute atomic E-state index is 0.0721. The van der Waals surface area contributed by atoms with Crippen LogP contribution in [-0.4, -0.2) is 43.4 Å². The van der Waals surface area contributed by atoms with Crippen molar-refractivity contribution in [1.82, 2.24) is 0 Å². The van der Waals surface area contributed by atoms with Gasteiger partial charge < -0.3 is 20.4 Å². The zero-order valence-electron chi connectivity index (χ0n) is 25.2. The minimum atomic E-state index is -2.60. The van der Waals surface area contributed by atoms with E-state index >= 15 is 0 Å². The maximum Gasteiger partial charge on any atom is 0.209 e. The van der Waals surface area contributed by atoms with E-state index in [2.05, 4.69) is 24.3 Å². The summed E-state index contributed by atoms with van der Waals surface area (Å²) in [6.07, 6.45) is 2.72. The maximum absolute atomic E-state index is 14.2.